The molecule has 0 saturated carbocycles. The average Bonchev–Trinajstić information content (AvgIpc) is 2.63. The maximum Gasteiger partial charge on any atom is 0.407 e. The van der Waals surface area contributed by atoms with E-state index in [2.05, 4.69) is 74.2 Å². The van der Waals surface area contributed by atoms with Crippen LogP contribution in [0.5, 0.6) is 0 Å². The SMILES string of the molecule is CC(C)(C)c1ccc(C(c2ccccc2)N2CCN(C(=O)O)CC2)cc1. The molecule has 0 bridgehead atoms. The third-order valence-corrected chi connectivity index (χ3v) is 5.16. The number of amides is 1. The van der Waals surface area contributed by atoms with Crippen molar-refractivity contribution < 1.29 is 9.90 Å². The van der Waals surface area contributed by atoms with Crippen molar-refractivity contribution in [2.45, 2.75) is 32.2 Å². The van der Waals surface area contributed by atoms with Crippen molar-refractivity contribution in [3.05, 3.63) is 71.3 Å². The van der Waals surface area contributed by atoms with Crippen molar-refractivity contribution in [1.82, 2.24) is 9.80 Å². The lowest BCUT2D eigenvalue weighted by Crippen LogP contribution is -2.49. The Kier molecular flexibility index (Phi) is 5.33. The van der Waals surface area contributed by atoms with E-state index in [1.807, 2.05) is 6.07 Å². The van der Waals surface area contributed by atoms with Crippen LogP contribution in [0.4, 0.5) is 4.79 Å². The molecule has 1 saturated heterocycles. The van der Waals surface area contributed by atoms with Gasteiger partial charge in [0, 0.05) is 26.2 Å². The van der Waals surface area contributed by atoms with Crippen molar-refractivity contribution in [3.63, 3.8) is 0 Å². The number of hydrogen-bond acceptors (Lipinski definition) is 2. The summed E-state index contributed by atoms with van der Waals surface area (Å²) in [6, 6.07) is 19.5. The number of hydrogen-bond donors (Lipinski definition) is 1. The second kappa shape index (κ2) is 7.50. The summed E-state index contributed by atoms with van der Waals surface area (Å²) in [5.74, 6) is 0. The Hall–Kier alpha value is -2.33. The fourth-order valence-electron chi connectivity index (χ4n) is 3.59. The topological polar surface area (TPSA) is 43.8 Å². The standard InChI is InChI=1S/C22H28N2O2/c1-22(2,3)19-11-9-18(10-12-19)20(17-7-5-4-6-8-17)23-13-15-24(16-14-23)21(25)26/h4-12,20H,13-16H2,1-3H3,(H,25,26). The molecular formula is C22H28N2O2. The van der Waals surface area contributed by atoms with E-state index < -0.39 is 6.09 Å². The Morgan fingerprint density at radius 1 is 0.885 bits per heavy atom. The molecule has 138 valence electrons. The summed E-state index contributed by atoms with van der Waals surface area (Å²) in [4.78, 5) is 15.1. The summed E-state index contributed by atoms with van der Waals surface area (Å²) >= 11 is 0. The minimum Gasteiger partial charge on any atom is -0.465 e. The number of benzene rings is 2. The lowest BCUT2D eigenvalue weighted by Gasteiger charge is -2.39. The first-order valence-electron chi connectivity index (χ1n) is 9.23. The van der Waals surface area contributed by atoms with Crippen LogP contribution in [0, 0.1) is 0 Å². The van der Waals surface area contributed by atoms with E-state index in [1.165, 1.54) is 21.6 Å². The largest absolute Gasteiger partial charge is 0.465 e. The third kappa shape index (κ3) is 4.07. The maximum absolute atomic E-state index is 11.2. The lowest BCUT2D eigenvalue weighted by atomic mass is 9.85. The quantitative estimate of drug-likeness (QED) is 0.892. The van der Waals surface area contributed by atoms with E-state index in [9.17, 15) is 9.90 Å². The van der Waals surface area contributed by atoms with Crippen molar-refractivity contribution in [3.8, 4) is 0 Å². The molecule has 26 heavy (non-hydrogen) atoms. The van der Waals surface area contributed by atoms with Gasteiger partial charge in [0.1, 0.15) is 0 Å². The molecule has 0 radical (unpaired) electrons. The van der Waals surface area contributed by atoms with Crippen LogP contribution in [0.2, 0.25) is 0 Å². The van der Waals surface area contributed by atoms with E-state index >= 15 is 0 Å². The summed E-state index contributed by atoms with van der Waals surface area (Å²) in [6.07, 6.45) is -0.824. The van der Waals surface area contributed by atoms with E-state index in [0.717, 1.165) is 13.1 Å². The van der Waals surface area contributed by atoms with Gasteiger partial charge in [-0.2, -0.15) is 0 Å². The third-order valence-electron chi connectivity index (χ3n) is 5.16. The Morgan fingerprint density at radius 2 is 1.42 bits per heavy atom. The molecular weight excluding hydrogens is 324 g/mol. The molecule has 4 nitrogen and oxygen atoms in total. The number of piperazine rings is 1. The predicted molar refractivity (Wildman–Crippen MR) is 105 cm³/mol. The summed E-state index contributed by atoms with van der Waals surface area (Å²) in [7, 11) is 0. The van der Waals surface area contributed by atoms with Gasteiger partial charge >= 0.3 is 6.09 Å². The van der Waals surface area contributed by atoms with Gasteiger partial charge < -0.3 is 10.0 Å². The molecule has 0 aliphatic carbocycles. The zero-order valence-corrected chi connectivity index (χ0v) is 15.9. The highest BCUT2D eigenvalue weighted by Crippen LogP contribution is 2.31. The molecule has 1 heterocycles. The van der Waals surface area contributed by atoms with Gasteiger partial charge in [-0.3, -0.25) is 4.90 Å². The number of nitrogens with zero attached hydrogens (tertiary/aromatic N) is 2. The fourth-order valence-corrected chi connectivity index (χ4v) is 3.59. The lowest BCUT2D eigenvalue weighted by molar-refractivity contribution is 0.0932. The minimum atomic E-state index is -0.824. The first-order valence-corrected chi connectivity index (χ1v) is 9.23. The Morgan fingerprint density at radius 3 is 1.92 bits per heavy atom. The molecule has 1 fully saturated rings. The second-order valence-corrected chi connectivity index (χ2v) is 7.99. The molecule has 3 rings (SSSR count). The van der Waals surface area contributed by atoms with Crippen LogP contribution in [0.3, 0.4) is 0 Å². The van der Waals surface area contributed by atoms with Gasteiger partial charge in [0.25, 0.3) is 0 Å². The van der Waals surface area contributed by atoms with Crippen molar-refractivity contribution in [2.75, 3.05) is 26.2 Å². The van der Waals surface area contributed by atoms with Gasteiger partial charge in [0.2, 0.25) is 0 Å². The Labute approximate surface area is 156 Å². The zero-order valence-electron chi connectivity index (χ0n) is 15.9. The van der Waals surface area contributed by atoms with Gasteiger partial charge in [-0.05, 0) is 22.1 Å². The van der Waals surface area contributed by atoms with Crippen molar-refractivity contribution >= 4 is 6.09 Å². The highest BCUT2D eigenvalue weighted by Gasteiger charge is 2.28. The average molecular weight is 352 g/mol. The summed E-state index contributed by atoms with van der Waals surface area (Å²) in [6.45, 7) is 9.27. The zero-order chi connectivity index (χ0) is 18.7. The number of carbonyl (C=O) groups is 1. The summed E-state index contributed by atoms with van der Waals surface area (Å²) in [5, 5.41) is 9.21. The van der Waals surface area contributed by atoms with E-state index in [4.69, 9.17) is 0 Å². The molecule has 1 unspecified atom stereocenters. The first-order chi connectivity index (χ1) is 12.4. The van der Waals surface area contributed by atoms with Gasteiger partial charge in [-0.25, -0.2) is 4.79 Å². The molecule has 1 amide bonds. The highest BCUT2D eigenvalue weighted by atomic mass is 16.4. The fraction of sp³-hybridized carbons (Fsp3) is 0.409. The van der Waals surface area contributed by atoms with Gasteiger partial charge in [0.15, 0.2) is 0 Å². The van der Waals surface area contributed by atoms with Crippen LogP contribution < -0.4 is 0 Å². The molecule has 1 N–H and O–H groups in total. The van der Waals surface area contributed by atoms with Crippen molar-refractivity contribution in [2.24, 2.45) is 0 Å². The molecule has 2 aromatic rings. The Bertz CT molecular complexity index is 727. The number of carboxylic acid groups (broad SMARTS) is 1. The predicted octanol–water partition coefficient (Wildman–Crippen LogP) is 4.37. The number of rotatable bonds is 3. The smallest absolute Gasteiger partial charge is 0.407 e. The molecule has 4 heteroatoms. The van der Waals surface area contributed by atoms with Crippen LogP contribution in [0.25, 0.3) is 0 Å². The van der Waals surface area contributed by atoms with Gasteiger partial charge in [0.05, 0.1) is 6.04 Å². The van der Waals surface area contributed by atoms with Crippen LogP contribution in [0.15, 0.2) is 54.6 Å². The normalized spacial score (nSPS) is 17.1. The van der Waals surface area contributed by atoms with Crippen LogP contribution >= 0.6 is 0 Å². The molecule has 2 aromatic carbocycles. The molecule has 1 atom stereocenters. The monoisotopic (exact) mass is 352 g/mol. The molecule has 1 aliphatic rings. The van der Waals surface area contributed by atoms with E-state index in [0.29, 0.717) is 13.1 Å². The van der Waals surface area contributed by atoms with Crippen molar-refractivity contribution in [1.29, 1.82) is 0 Å². The van der Waals surface area contributed by atoms with E-state index in [-0.39, 0.29) is 11.5 Å². The highest BCUT2D eigenvalue weighted by molar-refractivity contribution is 5.65. The first kappa shape index (κ1) is 18.5. The summed E-state index contributed by atoms with van der Waals surface area (Å²) in [5.41, 5.74) is 3.96. The van der Waals surface area contributed by atoms with E-state index in [1.54, 1.807) is 0 Å². The van der Waals surface area contributed by atoms with Gasteiger partial charge in [-0.1, -0.05) is 75.4 Å². The van der Waals surface area contributed by atoms with Crippen LogP contribution in [-0.2, 0) is 5.41 Å². The minimum absolute atomic E-state index is 0.133. The molecule has 1 aliphatic heterocycles. The molecule has 0 spiro atoms. The van der Waals surface area contributed by atoms with Crippen LogP contribution in [-0.4, -0.2) is 47.2 Å². The summed E-state index contributed by atoms with van der Waals surface area (Å²) < 4.78 is 0. The second-order valence-electron chi connectivity index (χ2n) is 7.99. The maximum atomic E-state index is 11.2. The van der Waals surface area contributed by atoms with Crippen LogP contribution in [0.1, 0.15) is 43.5 Å². The Balaban J connectivity index is 1.89. The molecule has 0 aromatic heterocycles. The van der Waals surface area contributed by atoms with Gasteiger partial charge in [-0.15, -0.1) is 0 Å².